The Morgan fingerprint density at radius 3 is 2.27 bits per heavy atom. The van der Waals surface area contributed by atoms with Crippen molar-refractivity contribution in [3.8, 4) is 11.1 Å². The van der Waals surface area contributed by atoms with E-state index in [1.807, 2.05) is 54.6 Å². The third-order valence-electron chi connectivity index (χ3n) is 9.81. The van der Waals surface area contributed by atoms with Gasteiger partial charge in [-0.1, -0.05) is 81.4 Å². The van der Waals surface area contributed by atoms with E-state index >= 15 is 0 Å². The van der Waals surface area contributed by atoms with Gasteiger partial charge >= 0.3 is 6.09 Å². The number of benzene rings is 4. The number of nitrogens with one attached hydrogen (secondary N) is 2. The van der Waals surface area contributed by atoms with Crippen LogP contribution >= 0.6 is 0 Å². The van der Waals surface area contributed by atoms with E-state index in [2.05, 4.69) is 86.8 Å². The zero-order valence-corrected chi connectivity index (χ0v) is 30.4. The number of anilines is 2. The van der Waals surface area contributed by atoms with Crippen molar-refractivity contribution in [1.82, 2.24) is 4.90 Å². The number of hydrogen-bond donors (Lipinski definition) is 2. The highest BCUT2D eigenvalue weighted by atomic mass is 28.4. The van der Waals surface area contributed by atoms with Crippen molar-refractivity contribution in [2.75, 3.05) is 30.8 Å². The predicted octanol–water partition coefficient (Wildman–Crippen LogP) is 9.63. The topological polar surface area (TPSA) is 79.9 Å². The number of aryl methyl sites for hydroxylation is 1. The average molecular weight is 666 g/mol. The minimum Gasteiger partial charge on any atom is -0.446 e. The van der Waals surface area contributed by atoms with E-state index in [0.29, 0.717) is 31.6 Å². The molecule has 0 saturated carbocycles. The number of likely N-dealkylation sites (tertiary alicyclic amines) is 1. The molecule has 0 spiro atoms. The maximum absolute atomic E-state index is 12.9. The van der Waals surface area contributed by atoms with Gasteiger partial charge < -0.3 is 19.4 Å². The highest BCUT2D eigenvalue weighted by molar-refractivity contribution is 6.74. The van der Waals surface area contributed by atoms with Crippen LogP contribution in [0.15, 0.2) is 84.9 Å². The van der Waals surface area contributed by atoms with Crippen LogP contribution in [0.3, 0.4) is 0 Å². The Kier molecular flexibility index (Phi) is 11.4. The molecule has 1 heterocycles. The van der Waals surface area contributed by atoms with Crippen LogP contribution in [0.5, 0.6) is 0 Å². The van der Waals surface area contributed by atoms with E-state index in [1.165, 1.54) is 0 Å². The van der Waals surface area contributed by atoms with Crippen LogP contribution in [0.2, 0.25) is 18.1 Å². The van der Waals surface area contributed by atoms with Crippen LogP contribution < -0.4 is 10.6 Å². The lowest BCUT2D eigenvalue weighted by Gasteiger charge is -2.36. The molecule has 7 nitrogen and oxygen atoms in total. The van der Waals surface area contributed by atoms with Crippen molar-refractivity contribution in [1.29, 1.82) is 0 Å². The van der Waals surface area contributed by atoms with Crippen LogP contribution in [-0.4, -0.2) is 51.5 Å². The maximum Gasteiger partial charge on any atom is 0.411 e. The van der Waals surface area contributed by atoms with Crippen LogP contribution in [-0.2, 0) is 27.0 Å². The number of amides is 2. The highest BCUT2D eigenvalue weighted by Crippen LogP contribution is 2.37. The molecule has 1 saturated heterocycles. The Morgan fingerprint density at radius 2 is 1.54 bits per heavy atom. The summed E-state index contributed by atoms with van der Waals surface area (Å²) in [5, 5.41) is 8.47. The van der Waals surface area contributed by atoms with Gasteiger partial charge in [-0.25, -0.2) is 4.79 Å². The Labute approximate surface area is 287 Å². The fourth-order valence-corrected chi connectivity index (χ4v) is 6.69. The molecule has 0 bridgehead atoms. The zero-order chi connectivity index (χ0) is 34.3. The predicted molar refractivity (Wildman–Crippen MR) is 200 cm³/mol. The second-order valence-electron chi connectivity index (χ2n) is 14.6. The van der Waals surface area contributed by atoms with Gasteiger partial charge in [-0.05, 0) is 103 Å². The SMILES string of the molecule is CN1CCC(OC(=O)Nc2cc(CCCC(=O)Nc3ccc4cc(CO[Si](C)(C)C(C)(C)C)ccc4c3)ccc2-c2ccccc2)CC1. The number of fused-ring (bicyclic) bond motifs is 1. The summed E-state index contributed by atoms with van der Waals surface area (Å²) in [7, 11) is 0.265. The van der Waals surface area contributed by atoms with Crippen LogP contribution in [0.4, 0.5) is 16.2 Å². The summed E-state index contributed by atoms with van der Waals surface area (Å²) < 4.78 is 12.2. The first kappa shape index (κ1) is 35.3. The number of nitrogens with zero attached hydrogens (tertiary/aromatic N) is 1. The Morgan fingerprint density at radius 1 is 0.854 bits per heavy atom. The number of ether oxygens (including phenoxy) is 1. The van der Waals surface area contributed by atoms with Gasteiger partial charge in [0.1, 0.15) is 6.10 Å². The summed E-state index contributed by atoms with van der Waals surface area (Å²) in [5.74, 6) is -0.0188. The van der Waals surface area contributed by atoms with E-state index in [9.17, 15) is 9.59 Å². The summed E-state index contributed by atoms with van der Waals surface area (Å²) >= 11 is 0. The molecule has 48 heavy (non-hydrogen) atoms. The number of carbonyl (C=O) groups excluding carboxylic acids is 2. The van der Waals surface area contributed by atoms with Crippen molar-refractivity contribution >= 4 is 42.5 Å². The third-order valence-corrected chi connectivity index (χ3v) is 14.3. The first-order valence-electron chi connectivity index (χ1n) is 17.2. The lowest BCUT2D eigenvalue weighted by Crippen LogP contribution is -2.40. The molecule has 5 rings (SSSR count). The Balaban J connectivity index is 1.16. The fourth-order valence-electron chi connectivity index (χ4n) is 5.73. The first-order chi connectivity index (χ1) is 22.9. The minimum atomic E-state index is -1.82. The van der Waals surface area contributed by atoms with Crippen molar-refractivity contribution in [3.63, 3.8) is 0 Å². The van der Waals surface area contributed by atoms with Gasteiger partial charge in [0.25, 0.3) is 0 Å². The molecule has 2 amide bonds. The average Bonchev–Trinajstić information content (AvgIpc) is 3.05. The van der Waals surface area contributed by atoms with Gasteiger partial charge in [-0.2, -0.15) is 0 Å². The largest absolute Gasteiger partial charge is 0.446 e. The summed E-state index contributed by atoms with van der Waals surface area (Å²) in [6.45, 7) is 13.8. The van der Waals surface area contributed by atoms with Gasteiger partial charge in [0.05, 0.1) is 12.3 Å². The van der Waals surface area contributed by atoms with E-state index in [-0.39, 0.29) is 17.0 Å². The molecule has 0 atom stereocenters. The zero-order valence-electron chi connectivity index (χ0n) is 29.4. The molecule has 2 N–H and O–H groups in total. The first-order valence-corrected chi connectivity index (χ1v) is 20.1. The molecule has 254 valence electrons. The lowest BCUT2D eigenvalue weighted by molar-refractivity contribution is -0.116. The second kappa shape index (κ2) is 15.5. The molecule has 4 aromatic rings. The van der Waals surface area contributed by atoms with Gasteiger partial charge in [0.15, 0.2) is 8.32 Å². The van der Waals surface area contributed by atoms with Crippen LogP contribution in [0, 0.1) is 0 Å². The summed E-state index contributed by atoms with van der Waals surface area (Å²) in [4.78, 5) is 28.1. The van der Waals surface area contributed by atoms with E-state index in [1.54, 1.807) is 0 Å². The summed E-state index contributed by atoms with van der Waals surface area (Å²) in [5.41, 5.74) is 5.67. The van der Waals surface area contributed by atoms with Crippen molar-refractivity contribution in [2.24, 2.45) is 0 Å². The molecule has 4 aromatic carbocycles. The van der Waals surface area contributed by atoms with Crippen molar-refractivity contribution < 1.29 is 18.8 Å². The van der Waals surface area contributed by atoms with Crippen molar-refractivity contribution in [2.45, 2.75) is 83.7 Å². The Bertz CT molecular complexity index is 1710. The van der Waals surface area contributed by atoms with E-state index in [0.717, 1.165) is 64.6 Å². The molecular weight excluding hydrogens is 615 g/mol. The van der Waals surface area contributed by atoms with Crippen molar-refractivity contribution in [3.05, 3.63) is 96.1 Å². The minimum absolute atomic E-state index is 0.0188. The molecule has 0 unspecified atom stereocenters. The molecule has 1 aliphatic rings. The highest BCUT2D eigenvalue weighted by Gasteiger charge is 2.37. The van der Waals surface area contributed by atoms with Crippen LogP contribution in [0.25, 0.3) is 21.9 Å². The summed E-state index contributed by atoms with van der Waals surface area (Å²) in [6, 6.07) is 28.6. The number of rotatable bonds is 11. The smallest absolute Gasteiger partial charge is 0.411 e. The fraction of sp³-hybridized carbons (Fsp3) is 0.400. The number of carbonyl (C=O) groups is 2. The molecule has 1 aliphatic heterocycles. The molecule has 0 aliphatic carbocycles. The van der Waals surface area contributed by atoms with Gasteiger partial charge in [0, 0.05) is 30.8 Å². The van der Waals surface area contributed by atoms with E-state index in [4.69, 9.17) is 9.16 Å². The van der Waals surface area contributed by atoms with Gasteiger partial charge in [0.2, 0.25) is 5.91 Å². The molecule has 0 aromatic heterocycles. The second-order valence-corrected chi connectivity index (χ2v) is 19.4. The standard InChI is InChI=1S/C40H51N3O4Si/c1-40(2,3)48(5,6)46-28-30-15-17-33-27-34(19-18-32(33)25-30)41-38(44)14-10-11-29-16-20-36(31-12-8-7-9-13-31)37(26-29)42-39(45)47-35-21-23-43(4)24-22-35/h7-9,12-13,15-20,25-27,35H,10-11,14,21-24,28H2,1-6H3,(H,41,44)(H,42,45). The summed E-state index contributed by atoms with van der Waals surface area (Å²) in [6.07, 6.45) is 2.96. The quantitative estimate of drug-likeness (QED) is 0.156. The molecule has 0 radical (unpaired) electrons. The maximum atomic E-state index is 12.9. The van der Waals surface area contributed by atoms with E-state index < -0.39 is 14.4 Å². The number of hydrogen-bond acceptors (Lipinski definition) is 5. The van der Waals surface area contributed by atoms with Gasteiger partial charge in [-0.15, -0.1) is 0 Å². The van der Waals surface area contributed by atoms with Crippen LogP contribution in [0.1, 0.15) is 57.6 Å². The normalized spacial score (nSPS) is 14.5. The molecule has 8 heteroatoms. The number of piperidine rings is 1. The monoisotopic (exact) mass is 665 g/mol. The molecule has 1 fully saturated rings. The lowest BCUT2D eigenvalue weighted by atomic mass is 9.99. The molecular formula is C40H51N3O4Si. The Hall–Kier alpha value is -3.98. The van der Waals surface area contributed by atoms with Gasteiger partial charge in [-0.3, -0.25) is 10.1 Å². The third kappa shape index (κ3) is 9.55.